The SMILES string of the molecule is CCC1CCCN(C(=O)NC(CC(=O)O)C(=O)O)C1. The summed E-state index contributed by atoms with van der Waals surface area (Å²) in [5, 5.41) is 19.7. The molecule has 1 rings (SSSR count). The molecule has 1 heterocycles. The van der Waals surface area contributed by atoms with Gasteiger partial charge in [0.2, 0.25) is 0 Å². The first-order valence-electron chi connectivity index (χ1n) is 6.44. The van der Waals surface area contributed by atoms with Crippen LogP contribution in [0.1, 0.15) is 32.6 Å². The molecule has 19 heavy (non-hydrogen) atoms. The summed E-state index contributed by atoms with van der Waals surface area (Å²) in [7, 11) is 0. The van der Waals surface area contributed by atoms with Crippen molar-refractivity contribution in [2.24, 2.45) is 5.92 Å². The number of carboxylic acid groups (broad SMARTS) is 2. The standard InChI is InChI=1S/C12H20N2O5/c1-2-8-4-3-5-14(7-8)12(19)13-9(11(17)18)6-10(15)16/h8-9H,2-7H2,1H3,(H,13,19)(H,15,16)(H,17,18). The number of amides is 2. The summed E-state index contributed by atoms with van der Waals surface area (Å²) in [6.07, 6.45) is 2.31. The van der Waals surface area contributed by atoms with E-state index in [2.05, 4.69) is 12.2 Å². The van der Waals surface area contributed by atoms with Crippen LogP contribution in [0.2, 0.25) is 0 Å². The highest BCUT2D eigenvalue weighted by atomic mass is 16.4. The number of carboxylic acids is 2. The van der Waals surface area contributed by atoms with Crippen molar-refractivity contribution >= 4 is 18.0 Å². The zero-order valence-electron chi connectivity index (χ0n) is 11.0. The smallest absolute Gasteiger partial charge is 0.326 e. The van der Waals surface area contributed by atoms with E-state index in [-0.39, 0.29) is 0 Å². The van der Waals surface area contributed by atoms with Crippen molar-refractivity contribution in [2.45, 2.75) is 38.6 Å². The summed E-state index contributed by atoms with van der Waals surface area (Å²) in [6.45, 7) is 3.24. The van der Waals surface area contributed by atoms with Crippen LogP contribution in [0.5, 0.6) is 0 Å². The quantitative estimate of drug-likeness (QED) is 0.684. The van der Waals surface area contributed by atoms with E-state index in [0.717, 1.165) is 19.3 Å². The molecule has 0 radical (unpaired) electrons. The number of nitrogens with zero attached hydrogens (tertiary/aromatic N) is 1. The van der Waals surface area contributed by atoms with Gasteiger partial charge in [0.25, 0.3) is 0 Å². The summed E-state index contributed by atoms with van der Waals surface area (Å²) >= 11 is 0. The highest BCUT2D eigenvalue weighted by Crippen LogP contribution is 2.19. The monoisotopic (exact) mass is 272 g/mol. The van der Waals surface area contributed by atoms with Crippen LogP contribution in [0, 0.1) is 5.92 Å². The lowest BCUT2D eigenvalue weighted by Gasteiger charge is -2.33. The zero-order valence-corrected chi connectivity index (χ0v) is 11.0. The normalized spacial score (nSPS) is 20.7. The molecule has 7 nitrogen and oxygen atoms in total. The van der Waals surface area contributed by atoms with Crippen molar-refractivity contribution in [1.82, 2.24) is 10.2 Å². The number of likely N-dealkylation sites (tertiary alicyclic amines) is 1. The first kappa shape index (κ1) is 15.3. The van der Waals surface area contributed by atoms with Crippen LogP contribution in [0.25, 0.3) is 0 Å². The Balaban J connectivity index is 2.56. The minimum Gasteiger partial charge on any atom is -0.481 e. The fourth-order valence-corrected chi connectivity index (χ4v) is 2.20. The molecule has 1 saturated heterocycles. The molecule has 1 aliphatic heterocycles. The Morgan fingerprint density at radius 1 is 1.37 bits per heavy atom. The van der Waals surface area contributed by atoms with Gasteiger partial charge in [-0.25, -0.2) is 9.59 Å². The summed E-state index contributed by atoms with van der Waals surface area (Å²) in [5.74, 6) is -2.15. The van der Waals surface area contributed by atoms with E-state index < -0.39 is 30.4 Å². The van der Waals surface area contributed by atoms with Gasteiger partial charge >= 0.3 is 18.0 Å². The number of nitrogens with one attached hydrogen (secondary N) is 1. The van der Waals surface area contributed by atoms with Gasteiger partial charge in [-0.3, -0.25) is 4.79 Å². The van der Waals surface area contributed by atoms with Gasteiger partial charge in [0, 0.05) is 13.1 Å². The molecule has 0 saturated carbocycles. The number of carbonyl (C=O) groups is 3. The zero-order chi connectivity index (χ0) is 14.4. The van der Waals surface area contributed by atoms with Crippen LogP contribution >= 0.6 is 0 Å². The number of rotatable bonds is 5. The highest BCUT2D eigenvalue weighted by Gasteiger charge is 2.28. The molecular formula is C12H20N2O5. The molecule has 2 atom stereocenters. The second-order valence-electron chi connectivity index (χ2n) is 4.80. The predicted octanol–water partition coefficient (Wildman–Crippen LogP) is 0.746. The van der Waals surface area contributed by atoms with E-state index in [1.165, 1.54) is 0 Å². The topological polar surface area (TPSA) is 107 Å². The first-order valence-corrected chi connectivity index (χ1v) is 6.44. The van der Waals surface area contributed by atoms with Gasteiger partial charge < -0.3 is 20.4 Å². The molecule has 0 aromatic rings. The van der Waals surface area contributed by atoms with Gasteiger partial charge in [-0.2, -0.15) is 0 Å². The van der Waals surface area contributed by atoms with Crippen LogP contribution in [0.15, 0.2) is 0 Å². The Labute approximate surface area is 111 Å². The molecule has 1 fully saturated rings. The molecule has 0 aromatic heterocycles. The number of carbonyl (C=O) groups excluding carboxylic acids is 1. The number of hydrogen-bond donors (Lipinski definition) is 3. The maximum absolute atomic E-state index is 11.9. The van der Waals surface area contributed by atoms with Gasteiger partial charge in [-0.15, -0.1) is 0 Å². The second kappa shape index (κ2) is 6.96. The Morgan fingerprint density at radius 3 is 2.58 bits per heavy atom. The average molecular weight is 272 g/mol. The van der Waals surface area contributed by atoms with E-state index >= 15 is 0 Å². The maximum atomic E-state index is 11.9. The summed E-state index contributed by atoms with van der Waals surface area (Å²) in [6, 6.07) is -1.88. The van der Waals surface area contributed by atoms with E-state index in [0.29, 0.717) is 19.0 Å². The van der Waals surface area contributed by atoms with E-state index in [1.54, 1.807) is 4.90 Å². The van der Waals surface area contributed by atoms with Gasteiger partial charge in [-0.1, -0.05) is 13.3 Å². The molecule has 3 N–H and O–H groups in total. The number of aliphatic carboxylic acids is 2. The Bertz CT molecular complexity index is 358. The van der Waals surface area contributed by atoms with Gasteiger partial charge in [0.15, 0.2) is 0 Å². The molecule has 2 amide bonds. The third-order valence-corrected chi connectivity index (χ3v) is 3.36. The third-order valence-electron chi connectivity index (χ3n) is 3.36. The van der Waals surface area contributed by atoms with Crippen molar-refractivity contribution in [3.8, 4) is 0 Å². The van der Waals surface area contributed by atoms with Gasteiger partial charge in [0.1, 0.15) is 6.04 Å². The largest absolute Gasteiger partial charge is 0.481 e. The fraction of sp³-hybridized carbons (Fsp3) is 0.750. The Kier molecular flexibility index (Phi) is 5.59. The van der Waals surface area contributed by atoms with Crippen LogP contribution in [0.3, 0.4) is 0 Å². The van der Waals surface area contributed by atoms with E-state index in [4.69, 9.17) is 10.2 Å². The summed E-state index contributed by atoms with van der Waals surface area (Å²) in [5.41, 5.74) is 0. The lowest BCUT2D eigenvalue weighted by Crippen LogP contribution is -2.51. The molecule has 108 valence electrons. The molecule has 0 aliphatic carbocycles. The van der Waals surface area contributed by atoms with Crippen LogP contribution < -0.4 is 5.32 Å². The Hall–Kier alpha value is -1.79. The van der Waals surface area contributed by atoms with Crippen molar-refractivity contribution in [3.05, 3.63) is 0 Å². The minimum absolute atomic E-state index is 0.433. The van der Waals surface area contributed by atoms with Gasteiger partial charge in [-0.05, 0) is 18.8 Å². The van der Waals surface area contributed by atoms with Crippen molar-refractivity contribution in [2.75, 3.05) is 13.1 Å². The average Bonchev–Trinajstić information content (AvgIpc) is 2.37. The van der Waals surface area contributed by atoms with Crippen molar-refractivity contribution in [3.63, 3.8) is 0 Å². The highest BCUT2D eigenvalue weighted by molar-refractivity contribution is 5.86. The van der Waals surface area contributed by atoms with E-state index in [1.807, 2.05) is 0 Å². The number of urea groups is 1. The molecule has 0 bridgehead atoms. The minimum atomic E-state index is -1.38. The number of piperidine rings is 1. The van der Waals surface area contributed by atoms with Crippen molar-refractivity contribution in [1.29, 1.82) is 0 Å². The molecule has 1 aliphatic rings. The molecule has 7 heteroatoms. The predicted molar refractivity (Wildman–Crippen MR) is 66.8 cm³/mol. The molecule has 2 unspecified atom stereocenters. The molecular weight excluding hydrogens is 252 g/mol. The lowest BCUT2D eigenvalue weighted by atomic mass is 9.96. The second-order valence-corrected chi connectivity index (χ2v) is 4.80. The summed E-state index contributed by atoms with van der Waals surface area (Å²) in [4.78, 5) is 34.9. The Morgan fingerprint density at radius 2 is 2.05 bits per heavy atom. The fourth-order valence-electron chi connectivity index (χ4n) is 2.20. The van der Waals surface area contributed by atoms with Crippen LogP contribution in [-0.2, 0) is 9.59 Å². The molecule has 0 spiro atoms. The first-order chi connectivity index (χ1) is 8.93. The van der Waals surface area contributed by atoms with E-state index in [9.17, 15) is 14.4 Å². The van der Waals surface area contributed by atoms with Crippen LogP contribution in [-0.4, -0.2) is 52.2 Å². The molecule has 0 aromatic carbocycles. The van der Waals surface area contributed by atoms with Crippen LogP contribution in [0.4, 0.5) is 4.79 Å². The summed E-state index contributed by atoms with van der Waals surface area (Å²) < 4.78 is 0. The lowest BCUT2D eigenvalue weighted by molar-refractivity contribution is -0.145. The maximum Gasteiger partial charge on any atom is 0.326 e. The van der Waals surface area contributed by atoms with Crippen molar-refractivity contribution < 1.29 is 24.6 Å². The van der Waals surface area contributed by atoms with Gasteiger partial charge in [0.05, 0.1) is 6.42 Å². The third kappa shape index (κ3) is 4.76. The number of hydrogen-bond acceptors (Lipinski definition) is 3.